The van der Waals surface area contributed by atoms with Gasteiger partial charge in [0.05, 0.1) is 23.8 Å². The maximum absolute atomic E-state index is 12.3. The van der Waals surface area contributed by atoms with E-state index in [-0.39, 0.29) is 30.0 Å². The molecule has 7 nitrogen and oxygen atoms in total. The Hall–Kier alpha value is -2.37. The second-order valence-electron chi connectivity index (χ2n) is 4.78. The fourth-order valence-corrected chi connectivity index (χ4v) is 2.55. The molecular formula is C13H12N4O3. The van der Waals surface area contributed by atoms with Crippen LogP contribution in [0.3, 0.4) is 0 Å². The second kappa shape index (κ2) is 4.96. The van der Waals surface area contributed by atoms with Gasteiger partial charge in [-0.3, -0.25) is 14.5 Å². The number of azide groups is 1. The van der Waals surface area contributed by atoms with Crippen molar-refractivity contribution in [2.45, 2.75) is 18.9 Å². The Bertz CT molecular complexity index is 631. The van der Waals surface area contributed by atoms with Crippen LogP contribution in [0.2, 0.25) is 0 Å². The molecule has 1 atom stereocenters. The molecule has 0 aromatic heterocycles. The van der Waals surface area contributed by atoms with Crippen molar-refractivity contribution in [2.75, 3.05) is 13.2 Å². The molecule has 1 unspecified atom stereocenters. The lowest BCUT2D eigenvalue weighted by molar-refractivity contribution is 0.0475. The van der Waals surface area contributed by atoms with E-state index < -0.39 is 0 Å². The average Bonchev–Trinajstić information content (AvgIpc) is 3.03. The fourth-order valence-electron chi connectivity index (χ4n) is 2.55. The predicted octanol–water partition coefficient (Wildman–Crippen LogP) is 2.40. The van der Waals surface area contributed by atoms with Crippen molar-refractivity contribution in [3.63, 3.8) is 0 Å². The van der Waals surface area contributed by atoms with Gasteiger partial charge in [-0.2, -0.15) is 0 Å². The van der Waals surface area contributed by atoms with E-state index in [2.05, 4.69) is 10.0 Å². The van der Waals surface area contributed by atoms with Gasteiger partial charge in [0.15, 0.2) is 0 Å². The van der Waals surface area contributed by atoms with Gasteiger partial charge in [-0.05, 0) is 30.5 Å². The van der Waals surface area contributed by atoms with Crippen LogP contribution in [-0.4, -0.2) is 36.0 Å². The number of carbonyl (C=O) groups excluding carboxylic acids is 2. The fraction of sp³-hybridized carbons (Fsp3) is 0.385. The zero-order chi connectivity index (χ0) is 14.1. The van der Waals surface area contributed by atoms with Gasteiger partial charge in [0.1, 0.15) is 0 Å². The van der Waals surface area contributed by atoms with E-state index in [1.165, 1.54) is 23.1 Å². The number of nitrogens with zero attached hydrogens (tertiary/aromatic N) is 4. The molecule has 1 saturated heterocycles. The zero-order valence-corrected chi connectivity index (χ0v) is 10.7. The highest BCUT2D eigenvalue weighted by Crippen LogP contribution is 2.28. The molecule has 0 aliphatic carbocycles. The first kappa shape index (κ1) is 12.7. The van der Waals surface area contributed by atoms with Crippen molar-refractivity contribution in [3.8, 4) is 0 Å². The number of ether oxygens (including phenoxy) is 1. The molecule has 0 radical (unpaired) electrons. The minimum absolute atomic E-state index is 0.0752. The molecular weight excluding hydrogens is 260 g/mol. The monoisotopic (exact) mass is 272 g/mol. The number of benzene rings is 1. The SMILES string of the molecule is [N-]=[N+]=Nc1ccc2c(c1)C(=O)N(CC1CCCO1)C2=O. The van der Waals surface area contributed by atoms with Gasteiger partial charge in [-0.25, -0.2) is 0 Å². The Balaban J connectivity index is 1.88. The summed E-state index contributed by atoms with van der Waals surface area (Å²) in [5.41, 5.74) is 9.37. The quantitative estimate of drug-likeness (QED) is 0.366. The highest BCUT2D eigenvalue weighted by molar-refractivity contribution is 6.21. The maximum Gasteiger partial charge on any atom is 0.261 e. The molecule has 20 heavy (non-hydrogen) atoms. The average molecular weight is 272 g/mol. The van der Waals surface area contributed by atoms with Crippen molar-refractivity contribution in [1.82, 2.24) is 4.90 Å². The maximum atomic E-state index is 12.3. The molecule has 1 aromatic rings. The summed E-state index contributed by atoms with van der Waals surface area (Å²) in [6.07, 6.45) is 1.74. The van der Waals surface area contributed by atoms with Crippen LogP contribution in [0.25, 0.3) is 10.4 Å². The molecule has 3 rings (SSSR count). The zero-order valence-electron chi connectivity index (χ0n) is 10.7. The second-order valence-corrected chi connectivity index (χ2v) is 4.78. The van der Waals surface area contributed by atoms with Crippen molar-refractivity contribution in [3.05, 3.63) is 39.8 Å². The smallest absolute Gasteiger partial charge is 0.261 e. The first-order valence-electron chi connectivity index (χ1n) is 6.37. The standard InChI is InChI=1S/C13H12N4O3/c14-16-15-8-3-4-10-11(6-8)13(19)17(12(10)18)7-9-2-1-5-20-9/h3-4,6,9H,1-2,5,7H2. The van der Waals surface area contributed by atoms with Crippen LogP contribution in [0.5, 0.6) is 0 Å². The van der Waals surface area contributed by atoms with Gasteiger partial charge in [-0.1, -0.05) is 11.2 Å². The van der Waals surface area contributed by atoms with E-state index in [1.807, 2.05) is 0 Å². The third-order valence-corrected chi connectivity index (χ3v) is 3.52. The van der Waals surface area contributed by atoms with Crippen LogP contribution in [0, 0.1) is 0 Å². The highest BCUT2D eigenvalue weighted by Gasteiger charge is 2.37. The van der Waals surface area contributed by atoms with Gasteiger partial charge in [0, 0.05) is 17.2 Å². The van der Waals surface area contributed by atoms with Crippen LogP contribution >= 0.6 is 0 Å². The Morgan fingerprint density at radius 3 is 2.85 bits per heavy atom. The Morgan fingerprint density at radius 1 is 1.35 bits per heavy atom. The Labute approximate surface area is 114 Å². The van der Waals surface area contributed by atoms with Crippen molar-refractivity contribution < 1.29 is 14.3 Å². The van der Waals surface area contributed by atoms with Crippen molar-refractivity contribution in [1.29, 1.82) is 0 Å². The third-order valence-electron chi connectivity index (χ3n) is 3.52. The normalized spacial score (nSPS) is 21.0. The third kappa shape index (κ3) is 2.03. The molecule has 1 aromatic carbocycles. The van der Waals surface area contributed by atoms with Gasteiger partial charge in [0.2, 0.25) is 0 Å². The lowest BCUT2D eigenvalue weighted by atomic mass is 10.1. The number of hydrogen-bond donors (Lipinski definition) is 0. The summed E-state index contributed by atoms with van der Waals surface area (Å²) in [5.74, 6) is -0.663. The summed E-state index contributed by atoms with van der Waals surface area (Å²) < 4.78 is 5.46. The molecule has 2 aliphatic heterocycles. The van der Waals surface area contributed by atoms with Gasteiger partial charge in [0.25, 0.3) is 11.8 Å². The molecule has 0 N–H and O–H groups in total. The summed E-state index contributed by atoms with van der Waals surface area (Å²) >= 11 is 0. The van der Waals surface area contributed by atoms with E-state index in [0.29, 0.717) is 17.9 Å². The molecule has 1 fully saturated rings. The van der Waals surface area contributed by atoms with Gasteiger partial charge < -0.3 is 4.74 Å². The first-order chi connectivity index (χ1) is 9.70. The summed E-state index contributed by atoms with van der Waals surface area (Å²) in [6.45, 7) is 0.956. The van der Waals surface area contributed by atoms with Crippen LogP contribution < -0.4 is 0 Å². The number of imide groups is 1. The van der Waals surface area contributed by atoms with Crippen LogP contribution in [-0.2, 0) is 4.74 Å². The molecule has 0 saturated carbocycles. The number of amides is 2. The topological polar surface area (TPSA) is 95.4 Å². The predicted molar refractivity (Wildman–Crippen MR) is 69.6 cm³/mol. The number of hydrogen-bond acceptors (Lipinski definition) is 4. The summed E-state index contributed by atoms with van der Waals surface area (Å²) in [6, 6.07) is 4.50. The van der Waals surface area contributed by atoms with E-state index in [0.717, 1.165) is 12.8 Å². The molecule has 7 heteroatoms. The van der Waals surface area contributed by atoms with Crippen LogP contribution in [0.4, 0.5) is 5.69 Å². The largest absolute Gasteiger partial charge is 0.376 e. The highest BCUT2D eigenvalue weighted by atomic mass is 16.5. The summed E-state index contributed by atoms with van der Waals surface area (Å²) in [4.78, 5) is 28.4. The molecule has 0 bridgehead atoms. The van der Waals surface area contributed by atoms with Crippen LogP contribution in [0.1, 0.15) is 33.6 Å². The lowest BCUT2D eigenvalue weighted by Gasteiger charge is -2.17. The van der Waals surface area contributed by atoms with E-state index >= 15 is 0 Å². The summed E-state index contributed by atoms with van der Waals surface area (Å²) in [7, 11) is 0. The van der Waals surface area contributed by atoms with Crippen LogP contribution in [0.15, 0.2) is 23.3 Å². The van der Waals surface area contributed by atoms with Gasteiger partial charge in [-0.15, -0.1) is 0 Å². The number of fused-ring (bicyclic) bond motifs is 1. The molecule has 0 spiro atoms. The van der Waals surface area contributed by atoms with Crippen molar-refractivity contribution in [2.24, 2.45) is 5.11 Å². The minimum Gasteiger partial charge on any atom is -0.376 e. The van der Waals surface area contributed by atoms with Crippen molar-refractivity contribution >= 4 is 17.5 Å². The lowest BCUT2D eigenvalue weighted by Crippen LogP contribution is -2.36. The summed E-state index contributed by atoms with van der Waals surface area (Å²) in [5, 5.41) is 3.45. The molecule has 2 heterocycles. The Kier molecular flexibility index (Phi) is 3.14. The first-order valence-corrected chi connectivity index (χ1v) is 6.37. The molecule has 2 amide bonds. The van der Waals surface area contributed by atoms with E-state index in [1.54, 1.807) is 0 Å². The van der Waals surface area contributed by atoms with E-state index in [4.69, 9.17) is 10.3 Å². The van der Waals surface area contributed by atoms with E-state index in [9.17, 15) is 9.59 Å². The number of carbonyl (C=O) groups is 2. The minimum atomic E-state index is -0.351. The molecule has 2 aliphatic rings. The van der Waals surface area contributed by atoms with Gasteiger partial charge >= 0.3 is 0 Å². The Morgan fingerprint density at radius 2 is 2.15 bits per heavy atom. The molecule has 102 valence electrons. The number of rotatable bonds is 3.